The molecule has 0 heterocycles. The van der Waals surface area contributed by atoms with Gasteiger partial charge in [-0.3, -0.25) is 0 Å². The Morgan fingerprint density at radius 2 is 1.65 bits per heavy atom. The number of ether oxygens (including phenoxy) is 1. The smallest absolute Gasteiger partial charge is 0.119 e. The van der Waals surface area contributed by atoms with Crippen LogP contribution in [0.25, 0.3) is 0 Å². The van der Waals surface area contributed by atoms with E-state index in [9.17, 15) is 0 Å². The maximum Gasteiger partial charge on any atom is 0.119 e. The maximum absolute atomic E-state index is 5.71. The predicted octanol–water partition coefficient (Wildman–Crippen LogP) is 2.57. The van der Waals surface area contributed by atoms with Crippen molar-refractivity contribution < 1.29 is 10.5 Å². The van der Waals surface area contributed by atoms with E-state index in [1.165, 1.54) is 11.1 Å². The Labute approximate surface area is 102 Å². The zero-order valence-corrected chi connectivity index (χ0v) is 10.1. The molecule has 0 aliphatic carbocycles. The molecule has 0 saturated heterocycles. The SMILES string of the molecule is C[C@H]([NH3+])c1ccc(OCc2ccccc2)cc1. The average Bonchev–Trinajstić information content (AvgIpc) is 2.38. The standard InChI is InChI=1S/C15H17NO/c1-12(16)14-7-9-15(10-8-14)17-11-13-5-3-2-4-6-13/h2-10,12H,11,16H2,1H3/p+1/t12-/m0/s1. The Morgan fingerprint density at radius 1 is 1.00 bits per heavy atom. The van der Waals surface area contributed by atoms with E-state index in [-0.39, 0.29) is 0 Å². The summed E-state index contributed by atoms with van der Waals surface area (Å²) in [5, 5.41) is 0. The molecular formula is C15H18NO+. The number of rotatable bonds is 4. The third kappa shape index (κ3) is 3.33. The summed E-state index contributed by atoms with van der Waals surface area (Å²) in [6, 6.07) is 18.6. The van der Waals surface area contributed by atoms with Crippen molar-refractivity contribution in [2.75, 3.05) is 0 Å². The van der Waals surface area contributed by atoms with Crippen LogP contribution in [0.2, 0.25) is 0 Å². The van der Waals surface area contributed by atoms with Crippen molar-refractivity contribution in [1.29, 1.82) is 0 Å². The minimum atomic E-state index is 0.318. The molecule has 0 amide bonds. The topological polar surface area (TPSA) is 36.9 Å². The summed E-state index contributed by atoms with van der Waals surface area (Å²) < 4.78 is 5.71. The van der Waals surface area contributed by atoms with Crippen LogP contribution in [0, 0.1) is 0 Å². The zero-order chi connectivity index (χ0) is 12.1. The fourth-order valence-corrected chi connectivity index (χ4v) is 1.63. The molecule has 2 nitrogen and oxygen atoms in total. The summed E-state index contributed by atoms with van der Waals surface area (Å²) in [6.07, 6.45) is 0. The molecule has 0 saturated carbocycles. The highest BCUT2D eigenvalue weighted by Gasteiger charge is 2.02. The van der Waals surface area contributed by atoms with Gasteiger partial charge >= 0.3 is 0 Å². The molecule has 0 spiro atoms. The Morgan fingerprint density at radius 3 is 2.24 bits per heavy atom. The van der Waals surface area contributed by atoms with Crippen molar-refractivity contribution in [3.8, 4) is 5.75 Å². The minimum absolute atomic E-state index is 0.318. The van der Waals surface area contributed by atoms with Crippen LogP contribution in [0.1, 0.15) is 24.1 Å². The highest BCUT2D eigenvalue weighted by molar-refractivity contribution is 5.28. The van der Waals surface area contributed by atoms with E-state index >= 15 is 0 Å². The van der Waals surface area contributed by atoms with Gasteiger partial charge in [0.2, 0.25) is 0 Å². The lowest BCUT2D eigenvalue weighted by atomic mass is 10.1. The van der Waals surface area contributed by atoms with Gasteiger partial charge in [0.1, 0.15) is 18.4 Å². The summed E-state index contributed by atoms with van der Waals surface area (Å²) in [5.74, 6) is 0.901. The van der Waals surface area contributed by atoms with E-state index in [4.69, 9.17) is 4.74 Å². The van der Waals surface area contributed by atoms with E-state index in [1.54, 1.807) is 0 Å². The molecule has 0 unspecified atom stereocenters. The predicted molar refractivity (Wildman–Crippen MR) is 68.5 cm³/mol. The van der Waals surface area contributed by atoms with Crippen LogP contribution >= 0.6 is 0 Å². The van der Waals surface area contributed by atoms with E-state index in [0.717, 1.165) is 5.75 Å². The monoisotopic (exact) mass is 228 g/mol. The lowest BCUT2D eigenvalue weighted by molar-refractivity contribution is -0.420. The van der Waals surface area contributed by atoms with E-state index in [2.05, 4.69) is 36.9 Å². The van der Waals surface area contributed by atoms with Gasteiger partial charge in [-0.25, -0.2) is 0 Å². The lowest BCUT2D eigenvalue weighted by Gasteiger charge is -2.07. The maximum atomic E-state index is 5.71. The summed E-state index contributed by atoms with van der Waals surface area (Å²) in [5.41, 5.74) is 6.41. The Balaban J connectivity index is 1.96. The molecule has 2 aromatic rings. The first kappa shape index (κ1) is 11.7. The van der Waals surface area contributed by atoms with Gasteiger partial charge in [-0.05, 0) is 36.8 Å². The largest absolute Gasteiger partial charge is 0.489 e. The highest BCUT2D eigenvalue weighted by atomic mass is 16.5. The van der Waals surface area contributed by atoms with Crippen molar-refractivity contribution in [2.24, 2.45) is 0 Å². The normalized spacial score (nSPS) is 12.1. The van der Waals surface area contributed by atoms with Crippen LogP contribution in [-0.4, -0.2) is 0 Å². The van der Waals surface area contributed by atoms with Gasteiger partial charge in [0, 0.05) is 5.56 Å². The molecule has 0 aliphatic rings. The van der Waals surface area contributed by atoms with Gasteiger partial charge in [-0.1, -0.05) is 30.3 Å². The summed E-state index contributed by atoms with van der Waals surface area (Å²) >= 11 is 0. The molecule has 0 aliphatic heterocycles. The van der Waals surface area contributed by atoms with Crippen molar-refractivity contribution in [1.82, 2.24) is 0 Å². The summed E-state index contributed by atoms with van der Waals surface area (Å²) in [6.45, 7) is 2.69. The number of quaternary nitrogens is 1. The molecule has 0 bridgehead atoms. The molecule has 0 radical (unpaired) electrons. The zero-order valence-electron chi connectivity index (χ0n) is 10.1. The van der Waals surface area contributed by atoms with Crippen LogP contribution in [0.15, 0.2) is 54.6 Å². The van der Waals surface area contributed by atoms with Gasteiger partial charge in [-0.15, -0.1) is 0 Å². The molecule has 2 heteroatoms. The van der Waals surface area contributed by atoms with Gasteiger partial charge in [0.05, 0.1) is 0 Å². The average molecular weight is 228 g/mol. The molecule has 17 heavy (non-hydrogen) atoms. The molecule has 1 atom stereocenters. The van der Waals surface area contributed by atoms with E-state index in [1.807, 2.05) is 30.3 Å². The third-order valence-electron chi connectivity index (χ3n) is 2.70. The number of benzene rings is 2. The lowest BCUT2D eigenvalue weighted by Crippen LogP contribution is -2.51. The van der Waals surface area contributed by atoms with Gasteiger partial charge in [-0.2, -0.15) is 0 Å². The third-order valence-corrected chi connectivity index (χ3v) is 2.70. The first-order chi connectivity index (χ1) is 8.25. The Bertz CT molecular complexity index is 448. The minimum Gasteiger partial charge on any atom is -0.489 e. The molecule has 88 valence electrons. The highest BCUT2D eigenvalue weighted by Crippen LogP contribution is 2.16. The quantitative estimate of drug-likeness (QED) is 0.858. The second kappa shape index (κ2) is 5.51. The first-order valence-electron chi connectivity index (χ1n) is 5.85. The van der Waals surface area contributed by atoms with E-state index < -0.39 is 0 Å². The van der Waals surface area contributed by atoms with Crippen LogP contribution in [0.4, 0.5) is 0 Å². The van der Waals surface area contributed by atoms with Gasteiger partial charge < -0.3 is 10.5 Å². The molecule has 2 rings (SSSR count). The molecule has 0 aromatic heterocycles. The first-order valence-corrected chi connectivity index (χ1v) is 5.85. The van der Waals surface area contributed by atoms with E-state index in [0.29, 0.717) is 12.6 Å². The van der Waals surface area contributed by atoms with Crippen molar-refractivity contribution in [3.05, 3.63) is 65.7 Å². The van der Waals surface area contributed by atoms with Gasteiger partial charge in [0.15, 0.2) is 0 Å². The second-order valence-electron chi connectivity index (χ2n) is 4.24. The second-order valence-corrected chi connectivity index (χ2v) is 4.24. The fourth-order valence-electron chi connectivity index (χ4n) is 1.63. The molecule has 3 N–H and O–H groups in total. The summed E-state index contributed by atoms with van der Waals surface area (Å²) in [7, 11) is 0. The van der Waals surface area contributed by atoms with Crippen molar-refractivity contribution in [2.45, 2.75) is 19.6 Å². The van der Waals surface area contributed by atoms with Crippen molar-refractivity contribution >= 4 is 0 Å². The fraction of sp³-hybridized carbons (Fsp3) is 0.200. The molecule has 0 fully saturated rings. The Hall–Kier alpha value is -1.80. The number of hydrogen-bond acceptors (Lipinski definition) is 1. The molecule has 2 aromatic carbocycles. The molecular weight excluding hydrogens is 210 g/mol. The van der Waals surface area contributed by atoms with Crippen molar-refractivity contribution in [3.63, 3.8) is 0 Å². The van der Waals surface area contributed by atoms with Crippen LogP contribution in [-0.2, 0) is 6.61 Å². The van der Waals surface area contributed by atoms with Gasteiger partial charge in [0.25, 0.3) is 0 Å². The van der Waals surface area contributed by atoms with Crippen LogP contribution in [0.5, 0.6) is 5.75 Å². The van der Waals surface area contributed by atoms with Crippen LogP contribution < -0.4 is 10.5 Å². The van der Waals surface area contributed by atoms with Crippen LogP contribution in [0.3, 0.4) is 0 Å². The summed E-state index contributed by atoms with van der Waals surface area (Å²) in [4.78, 5) is 0. The number of hydrogen-bond donors (Lipinski definition) is 1. The Kier molecular flexibility index (Phi) is 3.78.